The Bertz CT molecular complexity index is 171. The van der Waals surface area contributed by atoms with Crippen molar-refractivity contribution >= 4 is 5.97 Å². The third kappa shape index (κ3) is 8.39. The van der Waals surface area contributed by atoms with Crippen molar-refractivity contribution in [3.05, 3.63) is 0 Å². The summed E-state index contributed by atoms with van der Waals surface area (Å²) in [7, 11) is 1.40. The molecular formula is C11H23NO3. The number of hydrogen-bond acceptors (Lipinski definition) is 4. The standard InChI is InChI=1S/C11H23NO3/c1-9(2)8-15-7-5-6-12-10(3)11(13)14-4/h9-10,12H,5-8H2,1-4H3. The Kier molecular flexibility index (Phi) is 8.33. The molecule has 0 radical (unpaired) electrons. The summed E-state index contributed by atoms with van der Waals surface area (Å²) in [6, 6.07) is -0.236. The maximum absolute atomic E-state index is 11.0. The molecule has 1 unspecified atom stereocenters. The van der Waals surface area contributed by atoms with Crippen molar-refractivity contribution in [3.8, 4) is 0 Å². The molecule has 0 fully saturated rings. The van der Waals surface area contributed by atoms with Gasteiger partial charge in [-0.25, -0.2) is 0 Å². The lowest BCUT2D eigenvalue weighted by molar-refractivity contribution is -0.142. The topological polar surface area (TPSA) is 47.6 Å². The van der Waals surface area contributed by atoms with Crippen LogP contribution in [0.25, 0.3) is 0 Å². The molecular weight excluding hydrogens is 194 g/mol. The van der Waals surface area contributed by atoms with Crippen LogP contribution in [0.1, 0.15) is 27.2 Å². The van der Waals surface area contributed by atoms with Crippen molar-refractivity contribution in [3.63, 3.8) is 0 Å². The highest BCUT2D eigenvalue weighted by molar-refractivity contribution is 5.74. The SMILES string of the molecule is COC(=O)C(C)NCCCOCC(C)C. The Morgan fingerprint density at radius 3 is 2.53 bits per heavy atom. The number of ether oxygens (including phenoxy) is 2. The van der Waals surface area contributed by atoms with E-state index in [0.717, 1.165) is 26.2 Å². The Labute approximate surface area is 92.3 Å². The molecule has 0 aromatic heterocycles. The van der Waals surface area contributed by atoms with Gasteiger partial charge in [0.1, 0.15) is 6.04 Å². The van der Waals surface area contributed by atoms with E-state index >= 15 is 0 Å². The average molecular weight is 217 g/mol. The van der Waals surface area contributed by atoms with Gasteiger partial charge in [-0.15, -0.1) is 0 Å². The summed E-state index contributed by atoms with van der Waals surface area (Å²) in [6.45, 7) is 8.34. The maximum Gasteiger partial charge on any atom is 0.322 e. The molecule has 0 saturated carbocycles. The highest BCUT2D eigenvalue weighted by atomic mass is 16.5. The summed E-state index contributed by atoms with van der Waals surface area (Å²) in [6.07, 6.45) is 0.911. The second-order valence-corrected chi connectivity index (χ2v) is 4.02. The molecule has 0 rings (SSSR count). The van der Waals surface area contributed by atoms with Crippen molar-refractivity contribution in [2.45, 2.75) is 33.2 Å². The van der Waals surface area contributed by atoms with Gasteiger partial charge in [-0.05, 0) is 25.8 Å². The van der Waals surface area contributed by atoms with Crippen molar-refractivity contribution in [1.82, 2.24) is 5.32 Å². The second kappa shape index (κ2) is 8.68. The van der Waals surface area contributed by atoms with Crippen LogP contribution >= 0.6 is 0 Å². The highest BCUT2D eigenvalue weighted by Crippen LogP contribution is 1.93. The van der Waals surface area contributed by atoms with Crippen molar-refractivity contribution < 1.29 is 14.3 Å². The van der Waals surface area contributed by atoms with Crippen LogP contribution in [0.3, 0.4) is 0 Å². The minimum atomic E-state index is -0.236. The fourth-order valence-electron chi connectivity index (χ4n) is 1.07. The largest absolute Gasteiger partial charge is 0.468 e. The Morgan fingerprint density at radius 2 is 2.00 bits per heavy atom. The van der Waals surface area contributed by atoms with Gasteiger partial charge >= 0.3 is 5.97 Å². The number of hydrogen-bond donors (Lipinski definition) is 1. The van der Waals surface area contributed by atoms with E-state index < -0.39 is 0 Å². The molecule has 0 aliphatic carbocycles. The number of esters is 1. The minimum absolute atomic E-state index is 0.224. The molecule has 4 heteroatoms. The lowest BCUT2D eigenvalue weighted by atomic mass is 10.2. The van der Waals surface area contributed by atoms with E-state index in [2.05, 4.69) is 23.9 Å². The predicted octanol–water partition coefficient (Wildman–Crippen LogP) is 1.20. The van der Waals surface area contributed by atoms with Gasteiger partial charge in [0, 0.05) is 13.2 Å². The molecule has 0 aliphatic heterocycles. The van der Waals surface area contributed by atoms with Gasteiger partial charge in [-0.2, -0.15) is 0 Å². The molecule has 0 aromatic rings. The zero-order valence-corrected chi connectivity index (χ0v) is 10.2. The first-order chi connectivity index (χ1) is 7.07. The summed E-state index contributed by atoms with van der Waals surface area (Å²) < 4.78 is 10.00. The smallest absolute Gasteiger partial charge is 0.322 e. The normalized spacial score (nSPS) is 12.9. The van der Waals surface area contributed by atoms with Gasteiger partial charge in [-0.1, -0.05) is 13.8 Å². The summed E-state index contributed by atoms with van der Waals surface area (Å²) in [5, 5.41) is 3.07. The quantitative estimate of drug-likeness (QED) is 0.490. The molecule has 0 saturated heterocycles. The molecule has 0 bridgehead atoms. The average Bonchev–Trinajstić information content (AvgIpc) is 2.21. The van der Waals surface area contributed by atoms with Crippen LogP contribution in [0.5, 0.6) is 0 Å². The van der Waals surface area contributed by atoms with Crippen LogP contribution in [-0.4, -0.2) is 38.9 Å². The van der Waals surface area contributed by atoms with Gasteiger partial charge in [-0.3, -0.25) is 4.79 Å². The minimum Gasteiger partial charge on any atom is -0.468 e. The Hall–Kier alpha value is -0.610. The van der Waals surface area contributed by atoms with E-state index in [0.29, 0.717) is 5.92 Å². The molecule has 0 amide bonds. The third-order valence-corrected chi connectivity index (χ3v) is 1.92. The zero-order valence-electron chi connectivity index (χ0n) is 10.2. The molecule has 0 heterocycles. The summed E-state index contributed by atoms with van der Waals surface area (Å²) in [5.74, 6) is 0.352. The van der Waals surface area contributed by atoms with Crippen LogP contribution < -0.4 is 5.32 Å². The van der Waals surface area contributed by atoms with E-state index in [1.807, 2.05) is 0 Å². The van der Waals surface area contributed by atoms with Crippen LogP contribution in [0.2, 0.25) is 0 Å². The molecule has 4 nitrogen and oxygen atoms in total. The number of rotatable bonds is 8. The molecule has 1 atom stereocenters. The van der Waals surface area contributed by atoms with Crippen LogP contribution in [0, 0.1) is 5.92 Å². The van der Waals surface area contributed by atoms with Crippen molar-refractivity contribution in [1.29, 1.82) is 0 Å². The fraction of sp³-hybridized carbons (Fsp3) is 0.909. The van der Waals surface area contributed by atoms with Gasteiger partial charge in [0.25, 0.3) is 0 Å². The first kappa shape index (κ1) is 14.4. The molecule has 1 N–H and O–H groups in total. The molecule has 0 aliphatic rings. The van der Waals surface area contributed by atoms with Crippen LogP contribution in [-0.2, 0) is 14.3 Å². The summed E-state index contributed by atoms with van der Waals surface area (Å²) in [5.41, 5.74) is 0. The number of methoxy groups -OCH3 is 1. The Morgan fingerprint density at radius 1 is 1.33 bits per heavy atom. The van der Waals surface area contributed by atoms with E-state index in [1.165, 1.54) is 7.11 Å². The van der Waals surface area contributed by atoms with Crippen molar-refractivity contribution in [2.75, 3.05) is 26.9 Å². The van der Waals surface area contributed by atoms with Gasteiger partial charge in [0.05, 0.1) is 7.11 Å². The lowest BCUT2D eigenvalue weighted by Gasteiger charge is -2.11. The van der Waals surface area contributed by atoms with Crippen LogP contribution in [0.15, 0.2) is 0 Å². The lowest BCUT2D eigenvalue weighted by Crippen LogP contribution is -2.35. The van der Waals surface area contributed by atoms with Gasteiger partial charge in [0.2, 0.25) is 0 Å². The predicted molar refractivity (Wildman–Crippen MR) is 59.8 cm³/mol. The number of carbonyl (C=O) groups excluding carboxylic acids is 1. The summed E-state index contributed by atoms with van der Waals surface area (Å²) in [4.78, 5) is 11.0. The molecule has 0 aromatic carbocycles. The second-order valence-electron chi connectivity index (χ2n) is 4.02. The molecule has 90 valence electrons. The number of carbonyl (C=O) groups is 1. The Balaban J connectivity index is 3.27. The first-order valence-electron chi connectivity index (χ1n) is 5.47. The van der Waals surface area contributed by atoms with E-state index in [9.17, 15) is 4.79 Å². The van der Waals surface area contributed by atoms with Crippen molar-refractivity contribution in [2.24, 2.45) is 5.92 Å². The monoisotopic (exact) mass is 217 g/mol. The maximum atomic E-state index is 11.0. The fourth-order valence-corrected chi connectivity index (χ4v) is 1.07. The summed E-state index contributed by atoms with van der Waals surface area (Å²) >= 11 is 0. The first-order valence-corrected chi connectivity index (χ1v) is 5.47. The zero-order chi connectivity index (χ0) is 11.7. The third-order valence-electron chi connectivity index (χ3n) is 1.92. The van der Waals surface area contributed by atoms with Crippen LogP contribution in [0.4, 0.5) is 0 Å². The van der Waals surface area contributed by atoms with E-state index in [4.69, 9.17) is 4.74 Å². The van der Waals surface area contributed by atoms with E-state index in [1.54, 1.807) is 6.92 Å². The van der Waals surface area contributed by atoms with Gasteiger partial charge < -0.3 is 14.8 Å². The molecule has 15 heavy (non-hydrogen) atoms. The van der Waals surface area contributed by atoms with Gasteiger partial charge in [0.15, 0.2) is 0 Å². The number of nitrogens with one attached hydrogen (secondary N) is 1. The highest BCUT2D eigenvalue weighted by Gasteiger charge is 2.10. The molecule has 0 spiro atoms. The van der Waals surface area contributed by atoms with E-state index in [-0.39, 0.29) is 12.0 Å².